The van der Waals surface area contributed by atoms with Crippen LogP contribution in [-0.2, 0) is 14.4 Å². The zero-order valence-corrected chi connectivity index (χ0v) is 23.3. The number of tetrazole rings is 1. The standard InChI is InChI=1S/C27H28ClFN8O5/c1-35-12-14-36(15-13-35)24(39)11-8-21(26(40)31-18-4-2-17(3-5-18)27(41)42)32-23(38)10-6-19-22(37-16-30-33-34-37)9-7-20(28)25(19)29/h2-7,9-10,16,21H,8,11-15H2,1H3,(H,31,40)(H,32,38)(H,41,42)/b10-6+/t21-/m0/s1. The minimum Gasteiger partial charge on any atom is -0.478 e. The first-order chi connectivity index (χ1) is 20.1. The third kappa shape index (κ3) is 7.73. The maximum atomic E-state index is 14.9. The number of aromatic carboxylic acids is 1. The van der Waals surface area contributed by atoms with Crippen molar-refractivity contribution in [3.8, 4) is 5.69 Å². The molecule has 2 heterocycles. The fourth-order valence-corrected chi connectivity index (χ4v) is 4.41. The van der Waals surface area contributed by atoms with Crippen molar-refractivity contribution >= 4 is 47.1 Å². The Hall–Kier alpha value is -4.69. The van der Waals surface area contributed by atoms with Gasteiger partial charge in [-0.15, -0.1) is 5.10 Å². The van der Waals surface area contributed by atoms with Crippen LogP contribution >= 0.6 is 11.6 Å². The molecular formula is C27H28ClFN8O5. The smallest absolute Gasteiger partial charge is 0.335 e. The Labute approximate surface area is 244 Å². The van der Waals surface area contributed by atoms with Gasteiger partial charge < -0.3 is 25.5 Å². The SMILES string of the molecule is CN1CCN(C(=O)CC[C@H](NC(=O)/C=C/c2c(-n3cnnn3)ccc(Cl)c2F)C(=O)Nc2ccc(C(=O)O)cc2)CC1. The summed E-state index contributed by atoms with van der Waals surface area (Å²) in [4.78, 5) is 53.9. The number of nitrogens with one attached hydrogen (secondary N) is 2. The van der Waals surface area contributed by atoms with Gasteiger partial charge in [-0.2, -0.15) is 4.68 Å². The molecule has 3 N–H and O–H groups in total. The van der Waals surface area contributed by atoms with Crippen molar-refractivity contribution in [3.63, 3.8) is 0 Å². The maximum Gasteiger partial charge on any atom is 0.335 e. The number of carboxylic acids is 1. The lowest BCUT2D eigenvalue weighted by Crippen LogP contribution is -2.48. The second-order valence-electron chi connectivity index (χ2n) is 9.54. The average molecular weight is 599 g/mol. The van der Waals surface area contributed by atoms with E-state index in [0.29, 0.717) is 18.8 Å². The molecule has 1 aliphatic heterocycles. The summed E-state index contributed by atoms with van der Waals surface area (Å²) in [5.41, 5.74) is 0.505. The molecule has 0 saturated carbocycles. The van der Waals surface area contributed by atoms with E-state index in [1.807, 2.05) is 7.05 Å². The van der Waals surface area contributed by atoms with Crippen molar-refractivity contribution in [1.29, 1.82) is 0 Å². The van der Waals surface area contributed by atoms with Crippen molar-refractivity contribution in [3.05, 3.63) is 70.8 Å². The lowest BCUT2D eigenvalue weighted by atomic mass is 10.1. The van der Waals surface area contributed by atoms with Crippen molar-refractivity contribution in [2.24, 2.45) is 0 Å². The number of amides is 3. The monoisotopic (exact) mass is 598 g/mol. The molecule has 0 bridgehead atoms. The Bertz CT molecular complexity index is 1470. The fourth-order valence-electron chi connectivity index (χ4n) is 4.24. The molecule has 1 atom stereocenters. The number of piperazine rings is 1. The van der Waals surface area contributed by atoms with Gasteiger partial charge in [0, 0.05) is 49.9 Å². The summed E-state index contributed by atoms with van der Waals surface area (Å²) in [6.45, 7) is 2.59. The molecule has 1 aliphatic rings. The highest BCUT2D eigenvalue weighted by Crippen LogP contribution is 2.25. The van der Waals surface area contributed by atoms with Gasteiger partial charge in [-0.05, 0) is 66.4 Å². The summed E-state index contributed by atoms with van der Waals surface area (Å²) >= 11 is 5.94. The van der Waals surface area contributed by atoms with E-state index in [2.05, 4.69) is 31.1 Å². The second-order valence-corrected chi connectivity index (χ2v) is 9.94. The van der Waals surface area contributed by atoms with Crippen LogP contribution in [0.5, 0.6) is 0 Å². The predicted molar refractivity (Wildman–Crippen MR) is 150 cm³/mol. The number of halogens is 2. The average Bonchev–Trinajstić information content (AvgIpc) is 3.51. The number of carbonyl (C=O) groups is 4. The quantitative estimate of drug-likeness (QED) is 0.296. The number of hydrogen-bond donors (Lipinski definition) is 3. The van der Waals surface area contributed by atoms with E-state index in [-0.39, 0.29) is 40.6 Å². The Morgan fingerprint density at radius 1 is 1.10 bits per heavy atom. The molecule has 13 nitrogen and oxygen atoms in total. The van der Waals surface area contributed by atoms with Crippen molar-refractivity contribution in [1.82, 2.24) is 35.3 Å². The number of anilines is 1. The van der Waals surface area contributed by atoms with Crippen LogP contribution in [0.2, 0.25) is 5.02 Å². The molecule has 15 heteroatoms. The van der Waals surface area contributed by atoms with Crippen LogP contribution in [0.4, 0.5) is 10.1 Å². The summed E-state index contributed by atoms with van der Waals surface area (Å²) in [7, 11) is 1.97. The molecule has 0 aliphatic carbocycles. The number of rotatable bonds is 10. The maximum absolute atomic E-state index is 14.9. The van der Waals surface area contributed by atoms with Crippen LogP contribution in [0.1, 0.15) is 28.8 Å². The highest BCUT2D eigenvalue weighted by molar-refractivity contribution is 6.31. The second kappa shape index (κ2) is 13.8. The first kappa shape index (κ1) is 30.3. The van der Waals surface area contributed by atoms with Gasteiger partial charge in [-0.25, -0.2) is 9.18 Å². The van der Waals surface area contributed by atoms with Gasteiger partial charge in [0.1, 0.15) is 12.4 Å². The lowest BCUT2D eigenvalue weighted by Gasteiger charge is -2.32. The number of likely N-dealkylation sites (N-methyl/N-ethyl adjacent to an activating group) is 1. The third-order valence-corrected chi connectivity index (χ3v) is 6.93. The number of carbonyl (C=O) groups excluding carboxylic acids is 3. The van der Waals surface area contributed by atoms with Gasteiger partial charge >= 0.3 is 5.97 Å². The Kier molecular flexibility index (Phi) is 9.93. The minimum absolute atomic E-state index is 0.00385. The van der Waals surface area contributed by atoms with Crippen molar-refractivity contribution in [2.45, 2.75) is 18.9 Å². The first-order valence-corrected chi connectivity index (χ1v) is 13.3. The summed E-state index contributed by atoms with van der Waals surface area (Å²) in [6, 6.07) is 7.15. The van der Waals surface area contributed by atoms with Crippen LogP contribution in [0.3, 0.4) is 0 Å². The highest BCUT2D eigenvalue weighted by Gasteiger charge is 2.25. The topological polar surface area (TPSA) is 163 Å². The molecule has 1 aromatic heterocycles. The number of carboxylic acid groups (broad SMARTS) is 1. The van der Waals surface area contributed by atoms with E-state index in [1.165, 1.54) is 53.5 Å². The molecule has 220 valence electrons. The van der Waals surface area contributed by atoms with E-state index in [1.54, 1.807) is 4.90 Å². The zero-order valence-electron chi connectivity index (χ0n) is 22.5. The molecule has 0 unspecified atom stereocenters. The van der Waals surface area contributed by atoms with Gasteiger partial charge in [0.25, 0.3) is 0 Å². The Balaban J connectivity index is 1.49. The highest BCUT2D eigenvalue weighted by atomic mass is 35.5. The zero-order chi connectivity index (χ0) is 30.2. The van der Waals surface area contributed by atoms with Gasteiger partial charge in [0.05, 0.1) is 16.3 Å². The Morgan fingerprint density at radius 3 is 2.45 bits per heavy atom. The van der Waals surface area contributed by atoms with E-state index in [4.69, 9.17) is 16.7 Å². The molecule has 2 aromatic carbocycles. The molecule has 3 amide bonds. The van der Waals surface area contributed by atoms with Crippen LogP contribution in [-0.4, -0.2) is 98.1 Å². The summed E-state index contributed by atoms with van der Waals surface area (Å²) in [5.74, 6) is -3.42. The van der Waals surface area contributed by atoms with Crippen LogP contribution < -0.4 is 10.6 Å². The molecular weight excluding hydrogens is 571 g/mol. The molecule has 0 spiro atoms. The summed E-state index contributed by atoms with van der Waals surface area (Å²) < 4.78 is 16.1. The molecule has 1 saturated heterocycles. The van der Waals surface area contributed by atoms with Crippen LogP contribution in [0.15, 0.2) is 48.8 Å². The van der Waals surface area contributed by atoms with Crippen LogP contribution in [0.25, 0.3) is 11.8 Å². The van der Waals surface area contributed by atoms with Gasteiger partial charge in [-0.1, -0.05) is 11.6 Å². The summed E-state index contributed by atoms with van der Waals surface area (Å²) in [5, 5.41) is 24.9. The van der Waals surface area contributed by atoms with Crippen LogP contribution in [0, 0.1) is 5.82 Å². The molecule has 3 aromatic rings. The number of hydrogen-bond acceptors (Lipinski definition) is 8. The Morgan fingerprint density at radius 2 is 1.81 bits per heavy atom. The first-order valence-electron chi connectivity index (χ1n) is 12.9. The number of benzene rings is 2. The minimum atomic E-state index is -1.14. The van der Waals surface area contributed by atoms with Gasteiger partial charge in [0.15, 0.2) is 5.82 Å². The van der Waals surface area contributed by atoms with Gasteiger partial charge in [-0.3, -0.25) is 14.4 Å². The fraction of sp³-hybridized carbons (Fsp3) is 0.296. The van der Waals surface area contributed by atoms with E-state index in [9.17, 15) is 23.6 Å². The van der Waals surface area contributed by atoms with E-state index >= 15 is 0 Å². The lowest BCUT2D eigenvalue weighted by molar-refractivity contribution is -0.133. The number of aromatic nitrogens is 4. The van der Waals surface area contributed by atoms with Gasteiger partial charge in [0.2, 0.25) is 17.7 Å². The molecule has 4 rings (SSSR count). The van der Waals surface area contributed by atoms with Crippen molar-refractivity contribution < 1.29 is 28.7 Å². The van der Waals surface area contributed by atoms with Crippen molar-refractivity contribution in [2.75, 3.05) is 38.5 Å². The van der Waals surface area contributed by atoms with E-state index in [0.717, 1.165) is 19.2 Å². The molecule has 0 radical (unpaired) electrons. The predicted octanol–water partition coefficient (Wildman–Crippen LogP) is 1.84. The third-order valence-electron chi connectivity index (χ3n) is 6.64. The molecule has 1 fully saturated rings. The summed E-state index contributed by atoms with van der Waals surface area (Å²) in [6.07, 6.45) is 3.46. The normalized spacial score (nSPS) is 14.5. The van der Waals surface area contributed by atoms with E-state index < -0.39 is 29.6 Å². The number of nitrogens with zero attached hydrogens (tertiary/aromatic N) is 6. The largest absolute Gasteiger partial charge is 0.478 e. The molecule has 42 heavy (non-hydrogen) atoms.